The quantitative estimate of drug-likeness (QED) is 0.917. The van der Waals surface area contributed by atoms with Crippen LogP contribution in [0.2, 0.25) is 0 Å². The van der Waals surface area contributed by atoms with Gasteiger partial charge in [-0.15, -0.1) is 0 Å². The van der Waals surface area contributed by atoms with Crippen LogP contribution in [0.15, 0.2) is 24.5 Å². The minimum absolute atomic E-state index is 0.279. The monoisotopic (exact) mass is 256 g/mol. The second-order valence-corrected chi connectivity index (χ2v) is 3.99. The molecule has 0 amide bonds. The van der Waals surface area contributed by atoms with Crippen LogP contribution >= 0.6 is 0 Å². The molecule has 1 heterocycles. The van der Waals surface area contributed by atoms with Gasteiger partial charge in [0, 0.05) is 18.2 Å². The van der Waals surface area contributed by atoms with Crippen LogP contribution in [-0.2, 0) is 6.42 Å². The van der Waals surface area contributed by atoms with E-state index in [9.17, 15) is 4.39 Å². The molecule has 1 N–H and O–H groups in total. The molecule has 4 nitrogen and oxygen atoms in total. The van der Waals surface area contributed by atoms with Crippen molar-refractivity contribution in [1.82, 2.24) is 9.97 Å². The molecule has 2 rings (SSSR count). The largest absolute Gasteiger partial charge is 0.373 e. The van der Waals surface area contributed by atoms with E-state index in [1.807, 2.05) is 13.0 Å². The average Bonchev–Trinajstić information content (AvgIpc) is 2.45. The molecule has 0 radical (unpaired) electrons. The van der Waals surface area contributed by atoms with Crippen molar-refractivity contribution in [1.29, 1.82) is 5.26 Å². The Hall–Kier alpha value is -2.48. The van der Waals surface area contributed by atoms with E-state index in [-0.39, 0.29) is 5.56 Å². The Kier molecular flexibility index (Phi) is 3.71. The molecule has 0 saturated heterocycles. The Labute approximate surface area is 110 Å². The first kappa shape index (κ1) is 13.0. The summed E-state index contributed by atoms with van der Waals surface area (Å²) in [7, 11) is 1.78. The number of aromatic nitrogens is 2. The van der Waals surface area contributed by atoms with Crippen molar-refractivity contribution in [2.45, 2.75) is 13.3 Å². The van der Waals surface area contributed by atoms with E-state index in [2.05, 4.69) is 15.3 Å². The number of benzene rings is 1. The number of nitrogens with zero attached hydrogens (tertiary/aromatic N) is 3. The smallest absolute Gasteiger partial charge is 0.132 e. The highest BCUT2D eigenvalue weighted by atomic mass is 19.1. The molecular weight excluding hydrogens is 243 g/mol. The lowest BCUT2D eigenvalue weighted by molar-refractivity contribution is 0.627. The van der Waals surface area contributed by atoms with Crippen LogP contribution in [0.3, 0.4) is 0 Å². The first-order chi connectivity index (χ1) is 9.19. The molecule has 1 aromatic carbocycles. The summed E-state index contributed by atoms with van der Waals surface area (Å²) in [6.45, 7) is 1.98. The summed E-state index contributed by atoms with van der Waals surface area (Å²) in [4.78, 5) is 8.36. The second kappa shape index (κ2) is 5.44. The van der Waals surface area contributed by atoms with Crippen LogP contribution in [0.5, 0.6) is 0 Å². The van der Waals surface area contributed by atoms with E-state index in [1.165, 1.54) is 18.5 Å². The summed E-state index contributed by atoms with van der Waals surface area (Å²) < 4.78 is 13.5. The third kappa shape index (κ3) is 2.52. The minimum Gasteiger partial charge on any atom is -0.373 e. The van der Waals surface area contributed by atoms with Gasteiger partial charge in [0.05, 0.1) is 17.3 Å². The van der Waals surface area contributed by atoms with Crippen LogP contribution in [0, 0.1) is 17.1 Å². The number of nitriles is 1. The summed E-state index contributed by atoms with van der Waals surface area (Å²) in [6.07, 6.45) is 2.14. The van der Waals surface area contributed by atoms with Crippen LogP contribution in [0.25, 0.3) is 11.3 Å². The van der Waals surface area contributed by atoms with Gasteiger partial charge in [-0.1, -0.05) is 6.92 Å². The topological polar surface area (TPSA) is 61.6 Å². The molecule has 0 aliphatic carbocycles. The van der Waals surface area contributed by atoms with Gasteiger partial charge in [0.2, 0.25) is 0 Å². The fourth-order valence-corrected chi connectivity index (χ4v) is 2.00. The van der Waals surface area contributed by atoms with Gasteiger partial charge in [0.15, 0.2) is 0 Å². The van der Waals surface area contributed by atoms with Crippen molar-refractivity contribution in [3.63, 3.8) is 0 Å². The Morgan fingerprint density at radius 1 is 1.32 bits per heavy atom. The molecule has 0 spiro atoms. The molecule has 2 aromatic rings. The predicted molar refractivity (Wildman–Crippen MR) is 71.1 cm³/mol. The number of hydrogen-bond acceptors (Lipinski definition) is 4. The predicted octanol–water partition coefficient (Wildman–Crippen LogP) is 2.76. The lowest BCUT2D eigenvalue weighted by Gasteiger charge is -2.11. The Balaban J connectivity index is 2.65. The molecule has 0 aliphatic heterocycles. The zero-order valence-corrected chi connectivity index (χ0v) is 10.7. The summed E-state index contributed by atoms with van der Waals surface area (Å²) in [5, 5.41) is 11.9. The number of nitrogens with one attached hydrogen (secondary N) is 1. The van der Waals surface area contributed by atoms with Crippen molar-refractivity contribution in [3.05, 3.63) is 41.5 Å². The summed E-state index contributed by atoms with van der Waals surface area (Å²) in [5.74, 6) is 0.274. The molecule has 19 heavy (non-hydrogen) atoms. The van der Waals surface area contributed by atoms with Gasteiger partial charge in [-0.2, -0.15) is 5.26 Å². The van der Waals surface area contributed by atoms with Gasteiger partial charge < -0.3 is 5.32 Å². The lowest BCUT2D eigenvalue weighted by Crippen LogP contribution is -2.02. The van der Waals surface area contributed by atoms with Crippen LogP contribution in [0.1, 0.15) is 18.1 Å². The highest BCUT2D eigenvalue weighted by Gasteiger charge is 2.12. The van der Waals surface area contributed by atoms with Crippen molar-refractivity contribution in [2.75, 3.05) is 12.4 Å². The van der Waals surface area contributed by atoms with Crippen LogP contribution in [-0.4, -0.2) is 17.0 Å². The van der Waals surface area contributed by atoms with E-state index in [0.29, 0.717) is 17.7 Å². The van der Waals surface area contributed by atoms with Crippen LogP contribution in [0.4, 0.5) is 10.2 Å². The third-order valence-corrected chi connectivity index (χ3v) is 2.84. The normalized spacial score (nSPS) is 10.0. The van der Waals surface area contributed by atoms with Crippen molar-refractivity contribution < 1.29 is 4.39 Å². The Bertz CT molecular complexity index is 646. The Morgan fingerprint density at radius 3 is 2.74 bits per heavy atom. The fraction of sp³-hybridized carbons (Fsp3) is 0.214. The summed E-state index contributed by atoms with van der Waals surface area (Å²) in [5.41, 5.74) is 2.42. The molecule has 0 unspecified atom stereocenters. The highest BCUT2D eigenvalue weighted by molar-refractivity contribution is 5.69. The number of halogens is 1. The molecule has 0 atom stereocenters. The van der Waals surface area contributed by atoms with Gasteiger partial charge in [0.1, 0.15) is 18.0 Å². The summed E-state index contributed by atoms with van der Waals surface area (Å²) in [6, 6.07) is 6.15. The number of rotatable bonds is 3. The molecule has 96 valence electrons. The van der Waals surface area contributed by atoms with Crippen LogP contribution < -0.4 is 5.32 Å². The zero-order valence-electron chi connectivity index (χ0n) is 10.7. The Morgan fingerprint density at radius 2 is 2.11 bits per heavy atom. The number of anilines is 1. The first-order valence-electron chi connectivity index (χ1n) is 5.92. The van der Waals surface area contributed by atoms with E-state index in [0.717, 1.165) is 11.4 Å². The summed E-state index contributed by atoms with van der Waals surface area (Å²) >= 11 is 0. The molecular formula is C14H13FN4. The maximum absolute atomic E-state index is 13.5. The van der Waals surface area contributed by atoms with Gasteiger partial charge >= 0.3 is 0 Å². The molecule has 1 aromatic heterocycles. The van der Waals surface area contributed by atoms with Crippen molar-refractivity contribution in [3.8, 4) is 17.3 Å². The number of hydrogen-bond donors (Lipinski definition) is 1. The molecule has 0 fully saturated rings. The third-order valence-electron chi connectivity index (χ3n) is 2.84. The van der Waals surface area contributed by atoms with Gasteiger partial charge in [-0.05, 0) is 24.6 Å². The highest BCUT2D eigenvalue weighted by Crippen LogP contribution is 2.27. The maximum atomic E-state index is 13.5. The first-order valence-corrected chi connectivity index (χ1v) is 5.92. The SMILES string of the molecule is CCc1c(NC)ncnc1-c1cc(F)cc(C#N)c1. The van der Waals surface area contributed by atoms with E-state index >= 15 is 0 Å². The van der Waals surface area contributed by atoms with Gasteiger partial charge in [-0.3, -0.25) is 0 Å². The van der Waals surface area contributed by atoms with E-state index < -0.39 is 5.82 Å². The standard InChI is InChI=1S/C14H13FN4/c1-3-12-13(18-8-19-14(12)17-2)10-4-9(7-16)5-11(15)6-10/h4-6,8H,3H2,1-2H3,(H,17,18,19). The lowest BCUT2D eigenvalue weighted by atomic mass is 10.0. The molecule has 0 aliphatic rings. The average molecular weight is 256 g/mol. The molecule has 0 saturated carbocycles. The maximum Gasteiger partial charge on any atom is 0.132 e. The molecule has 5 heteroatoms. The minimum atomic E-state index is -0.444. The van der Waals surface area contributed by atoms with Crippen molar-refractivity contribution >= 4 is 5.82 Å². The van der Waals surface area contributed by atoms with Gasteiger partial charge in [0.25, 0.3) is 0 Å². The van der Waals surface area contributed by atoms with E-state index in [4.69, 9.17) is 5.26 Å². The second-order valence-electron chi connectivity index (χ2n) is 3.99. The van der Waals surface area contributed by atoms with E-state index in [1.54, 1.807) is 13.1 Å². The zero-order chi connectivity index (χ0) is 13.8. The van der Waals surface area contributed by atoms with Crippen molar-refractivity contribution in [2.24, 2.45) is 0 Å². The van der Waals surface area contributed by atoms with Gasteiger partial charge in [-0.25, -0.2) is 14.4 Å². The fourth-order valence-electron chi connectivity index (χ4n) is 2.00. The molecule has 0 bridgehead atoms.